The van der Waals surface area contributed by atoms with E-state index in [1.54, 1.807) is 6.20 Å². The number of nitrogens with zero attached hydrogens (tertiary/aromatic N) is 2. The van der Waals surface area contributed by atoms with Gasteiger partial charge in [-0.1, -0.05) is 12.8 Å². The molecule has 16 heavy (non-hydrogen) atoms. The van der Waals surface area contributed by atoms with Crippen LogP contribution in [0.2, 0.25) is 0 Å². The molecular formula is C12H19N3O. The van der Waals surface area contributed by atoms with Crippen LogP contribution in [0.25, 0.3) is 0 Å². The molecule has 0 unspecified atom stereocenters. The van der Waals surface area contributed by atoms with Gasteiger partial charge in [0, 0.05) is 12.7 Å². The highest BCUT2D eigenvalue weighted by Crippen LogP contribution is 2.20. The third kappa shape index (κ3) is 3.45. The first-order valence-electron chi connectivity index (χ1n) is 6.00. The van der Waals surface area contributed by atoms with Crippen molar-refractivity contribution < 1.29 is 4.74 Å². The molecule has 1 heterocycles. The van der Waals surface area contributed by atoms with Crippen LogP contribution < -0.4 is 5.32 Å². The van der Waals surface area contributed by atoms with Crippen LogP contribution in [0, 0.1) is 6.92 Å². The van der Waals surface area contributed by atoms with Gasteiger partial charge in [0.15, 0.2) is 0 Å². The van der Waals surface area contributed by atoms with Crippen molar-refractivity contribution in [3.05, 3.63) is 18.1 Å². The van der Waals surface area contributed by atoms with Gasteiger partial charge in [0.05, 0.1) is 12.7 Å². The van der Waals surface area contributed by atoms with E-state index in [4.69, 9.17) is 4.74 Å². The first kappa shape index (κ1) is 11.3. The largest absolute Gasteiger partial charge is 0.376 e. The highest BCUT2D eigenvalue weighted by molar-refractivity contribution is 5.32. The molecule has 1 N–H and O–H groups in total. The van der Waals surface area contributed by atoms with E-state index in [-0.39, 0.29) is 0 Å². The van der Waals surface area contributed by atoms with E-state index in [0.29, 0.717) is 6.10 Å². The molecule has 0 amide bonds. The fraction of sp³-hybridized carbons (Fsp3) is 0.667. The summed E-state index contributed by atoms with van der Waals surface area (Å²) >= 11 is 0. The first-order chi connectivity index (χ1) is 7.84. The topological polar surface area (TPSA) is 47.0 Å². The predicted molar refractivity (Wildman–Crippen MR) is 63.5 cm³/mol. The van der Waals surface area contributed by atoms with E-state index in [1.807, 2.05) is 13.0 Å². The van der Waals surface area contributed by atoms with Crippen LogP contribution in [0.1, 0.15) is 31.5 Å². The third-order valence-corrected chi connectivity index (χ3v) is 2.84. The van der Waals surface area contributed by atoms with E-state index in [1.165, 1.54) is 25.7 Å². The van der Waals surface area contributed by atoms with Crippen LogP contribution in [-0.2, 0) is 4.74 Å². The highest BCUT2D eigenvalue weighted by atomic mass is 16.5. The maximum absolute atomic E-state index is 5.75. The normalized spacial score (nSPS) is 16.6. The molecule has 1 aliphatic rings. The molecule has 1 aromatic rings. The van der Waals surface area contributed by atoms with Crippen molar-refractivity contribution in [2.45, 2.75) is 38.7 Å². The number of hydrogen-bond acceptors (Lipinski definition) is 4. The summed E-state index contributed by atoms with van der Waals surface area (Å²) in [6.07, 6.45) is 7.36. The van der Waals surface area contributed by atoms with Crippen LogP contribution in [0.5, 0.6) is 0 Å². The summed E-state index contributed by atoms with van der Waals surface area (Å²) in [5, 5.41) is 3.23. The molecule has 4 nitrogen and oxygen atoms in total. The van der Waals surface area contributed by atoms with E-state index in [9.17, 15) is 0 Å². The second-order valence-corrected chi connectivity index (χ2v) is 4.19. The molecular weight excluding hydrogens is 202 g/mol. The average molecular weight is 221 g/mol. The Labute approximate surface area is 96.4 Å². The van der Waals surface area contributed by atoms with Crippen LogP contribution in [0.15, 0.2) is 12.3 Å². The van der Waals surface area contributed by atoms with Gasteiger partial charge in [-0.2, -0.15) is 0 Å². The molecule has 0 bridgehead atoms. The zero-order chi connectivity index (χ0) is 11.2. The third-order valence-electron chi connectivity index (χ3n) is 2.84. The number of hydrogen-bond donors (Lipinski definition) is 1. The molecule has 1 fully saturated rings. The second-order valence-electron chi connectivity index (χ2n) is 4.19. The van der Waals surface area contributed by atoms with Crippen LogP contribution in [0.3, 0.4) is 0 Å². The van der Waals surface area contributed by atoms with Gasteiger partial charge in [0.25, 0.3) is 0 Å². The molecule has 1 aliphatic carbocycles. The van der Waals surface area contributed by atoms with Crippen LogP contribution in [0.4, 0.5) is 5.82 Å². The van der Waals surface area contributed by atoms with E-state index in [0.717, 1.165) is 24.8 Å². The Balaban J connectivity index is 1.64. The Morgan fingerprint density at radius 1 is 1.44 bits per heavy atom. The number of aromatic nitrogens is 2. The Morgan fingerprint density at radius 3 is 3.00 bits per heavy atom. The lowest BCUT2D eigenvalue weighted by Gasteiger charge is -2.11. The Kier molecular flexibility index (Phi) is 4.10. The van der Waals surface area contributed by atoms with Gasteiger partial charge >= 0.3 is 0 Å². The van der Waals surface area contributed by atoms with Crippen molar-refractivity contribution in [1.82, 2.24) is 9.97 Å². The summed E-state index contributed by atoms with van der Waals surface area (Å²) in [6, 6.07) is 1.88. The molecule has 2 rings (SSSR count). The minimum atomic E-state index is 0.494. The lowest BCUT2D eigenvalue weighted by molar-refractivity contribution is 0.0658. The van der Waals surface area contributed by atoms with Gasteiger partial charge in [-0.05, 0) is 25.8 Å². The van der Waals surface area contributed by atoms with Crippen molar-refractivity contribution in [2.24, 2.45) is 0 Å². The number of ether oxygens (including phenoxy) is 1. The molecule has 0 spiro atoms. The monoisotopic (exact) mass is 221 g/mol. The molecule has 0 aromatic carbocycles. The fourth-order valence-corrected chi connectivity index (χ4v) is 2.01. The van der Waals surface area contributed by atoms with E-state index < -0.39 is 0 Å². The smallest absolute Gasteiger partial charge is 0.129 e. The zero-order valence-corrected chi connectivity index (χ0v) is 9.78. The molecule has 1 saturated carbocycles. The van der Waals surface area contributed by atoms with Crippen molar-refractivity contribution in [2.75, 3.05) is 18.5 Å². The summed E-state index contributed by atoms with van der Waals surface area (Å²) < 4.78 is 5.75. The molecule has 1 aromatic heterocycles. The standard InChI is InChI=1S/C12H19N3O/c1-10-13-7-6-12(15-10)14-8-9-16-11-4-2-3-5-11/h6-7,11H,2-5,8-9H2,1H3,(H,13,14,15). The van der Waals surface area contributed by atoms with Crippen LogP contribution >= 0.6 is 0 Å². The van der Waals surface area contributed by atoms with Gasteiger partial charge in [-0.15, -0.1) is 0 Å². The molecule has 0 radical (unpaired) electrons. The summed E-state index contributed by atoms with van der Waals surface area (Å²) in [5.74, 6) is 1.67. The number of nitrogens with one attached hydrogen (secondary N) is 1. The Bertz CT molecular complexity index is 324. The van der Waals surface area contributed by atoms with Gasteiger partial charge in [-0.3, -0.25) is 0 Å². The quantitative estimate of drug-likeness (QED) is 0.774. The summed E-state index contributed by atoms with van der Waals surface area (Å²) in [5.41, 5.74) is 0. The van der Waals surface area contributed by atoms with Gasteiger partial charge in [0.1, 0.15) is 11.6 Å². The minimum Gasteiger partial charge on any atom is -0.376 e. The fourth-order valence-electron chi connectivity index (χ4n) is 2.01. The summed E-state index contributed by atoms with van der Waals surface area (Å²) in [4.78, 5) is 8.31. The Morgan fingerprint density at radius 2 is 2.25 bits per heavy atom. The van der Waals surface area contributed by atoms with Crippen LogP contribution in [-0.4, -0.2) is 29.2 Å². The predicted octanol–water partition coefficient (Wildman–Crippen LogP) is 2.16. The molecule has 0 saturated heterocycles. The lowest BCUT2D eigenvalue weighted by Crippen LogP contribution is -2.16. The van der Waals surface area contributed by atoms with Crippen molar-refractivity contribution in [3.8, 4) is 0 Å². The maximum Gasteiger partial charge on any atom is 0.129 e. The first-order valence-corrected chi connectivity index (χ1v) is 6.00. The minimum absolute atomic E-state index is 0.494. The lowest BCUT2D eigenvalue weighted by atomic mass is 10.3. The highest BCUT2D eigenvalue weighted by Gasteiger charge is 2.14. The number of rotatable bonds is 5. The van der Waals surface area contributed by atoms with E-state index in [2.05, 4.69) is 15.3 Å². The van der Waals surface area contributed by atoms with Crippen molar-refractivity contribution in [1.29, 1.82) is 0 Å². The summed E-state index contributed by atoms with van der Waals surface area (Å²) in [6.45, 7) is 3.46. The average Bonchev–Trinajstić information content (AvgIpc) is 2.77. The zero-order valence-electron chi connectivity index (χ0n) is 9.78. The second kappa shape index (κ2) is 5.80. The number of aryl methyl sites for hydroxylation is 1. The SMILES string of the molecule is Cc1nccc(NCCOC2CCCC2)n1. The van der Waals surface area contributed by atoms with Crippen molar-refractivity contribution in [3.63, 3.8) is 0 Å². The molecule has 88 valence electrons. The van der Waals surface area contributed by atoms with Crippen molar-refractivity contribution >= 4 is 5.82 Å². The van der Waals surface area contributed by atoms with Gasteiger partial charge in [-0.25, -0.2) is 9.97 Å². The molecule has 0 atom stereocenters. The van der Waals surface area contributed by atoms with E-state index >= 15 is 0 Å². The Hall–Kier alpha value is -1.16. The molecule has 4 heteroatoms. The number of anilines is 1. The van der Waals surface area contributed by atoms with Gasteiger partial charge in [0.2, 0.25) is 0 Å². The molecule has 0 aliphatic heterocycles. The summed E-state index contributed by atoms with van der Waals surface area (Å²) in [7, 11) is 0. The maximum atomic E-state index is 5.75. The van der Waals surface area contributed by atoms with Gasteiger partial charge < -0.3 is 10.1 Å².